The van der Waals surface area contributed by atoms with Crippen molar-refractivity contribution in [3.05, 3.63) is 29.8 Å². The number of hydrogen-bond acceptors (Lipinski definition) is 3. The smallest absolute Gasteiger partial charge is 0.224 e. The molecule has 2 atom stereocenters. The fourth-order valence-electron chi connectivity index (χ4n) is 2.45. The van der Waals surface area contributed by atoms with Gasteiger partial charge in [0.05, 0.1) is 13.0 Å². The summed E-state index contributed by atoms with van der Waals surface area (Å²) >= 11 is 0. The van der Waals surface area contributed by atoms with Gasteiger partial charge in [-0.2, -0.15) is 0 Å². The molecule has 0 unspecified atom stereocenters. The van der Waals surface area contributed by atoms with Gasteiger partial charge in [0.2, 0.25) is 5.91 Å². The van der Waals surface area contributed by atoms with E-state index in [0.717, 1.165) is 25.3 Å². The maximum absolute atomic E-state index is 12.0. The predicted molar refractivity (Wildman–Crippen MR) is 75.2 cm³/mol. The van der Waals surface area contributed by atoms with Crippen LogP contribution >= 0.6 is 0 Å². The summed E-state index contributed by atoms with van der Waals surface area (Å²) in [5.74, 6) is 1.57. The zero-order chi connectivity index (χ0) is 13.7. The van der Waals surface area contributed by atoms with Crippen molar-refractivity contribution in [2.75, 3.05) is 26.7 Å². The van der Waals surface area contributed by atoms with Crippen LogP contribution in [0.5, 0.6) is 5.75 Å². The maximum atomic E-state index is 12.0. The number of rotatable bonds is 5. The van der Waals surface area contributed by atoms with Crippen molar-refractivity contribution in [1.82, 2.24) is 10.6 Å². The van der Waals surface area contributed by atoms with E-state index in [0.29, 0.717) is 12.5 Å². The Morgan fingerprint density at radius 1 is 1.47 bits per heavy atom. The molecule has 1 aromatic carbocycles. The summed E-state index contributed by atoms with van der Waals surface area (Å²) in [6.07, 6.45) is 0.831. The molecule has 19 heavy (non-hydrogen) atoms. The lowest BCUT2D eigenvalue weighted by Gasteiger charge is -2.14. The third kappa shape index (κ3) is 3.70. The number of hydrogen-bond donors (Lipinski definition) is 2. The van der Waals surface area contributed by atoms with Crippen LogP contribution in [0.2, 0.25) is 0 Å². The van der Waals surface area contributed by atoms with E-state index >= 15 is 0 Å². The third-order valence-corrected chi connectivity index (χ3v) is 3.70. The molecular formula is C15H22N2O2. The van der Waals surface area contributed by atoms with Gasteiger partial charge in [0.25, 0.3) is 0 Å². The third-order valence-electron chi connectivity index (χ3n) is 3.70. The Morgan fingerprint density at radius 2 is 2.32 bits per heavy atom. The number of amides is 1. The number of methoxy groups -OCH3 is 1. The minimum Gasteiger partial charge on any atom is -0.497 e. The van der Waals surface area contributed by atoms with Crippen LogP contribution in [-0.2, 0) is 11.2 Å². The second-order valence-corrected chi connectivity index (χ2v) is 5.13. The first-order valence-corrected chi connectivity index (χ1v) is 6.82. The van der Waals surface area contributed by atoms with E-state index in [2.05, 4.69) is 23.6 Å². The standard InChI is InChI=1S/C15H22N2O2/c1-11-9-16-10-14(11)15(18)17-7-6-12-4-3-5-13(8-12)19-2/h3-5,8,11,14,16H,6-7,9-10H2,1-2H3,(H,17,18)/t11-,14-/m1/s1. The van der Waals surface area contributed by atoms with Gasteiger partial charge in [-0.3, -0.25) is 4.79 Å². The molecule has 0 bridgehead atoms. The normalized spacial score (nSPS) is 22.2. The lowest BCUT2D eigenvalue weighted by Crippen LogP contribution is -2.35. The van der Waals surface area contributed by atoms with Crippen LogP contribution in [0.4, 0.5) is 0 Å². The number of nitrogens with one attached hydrogen (secondary N) is 2. The van der Waals surface area contributed by atoms with Gasteiger partial charge in [-0.15, -0.1) is 0 Å². The molecule has 1 saturated heterocycles. The van der Waals surface area contributed by atoms with Crippen LogP contribution in [-0.4, -0.2) is 32.7 Å². The van der Waals surface area contributed by atoms with Crippen LogP contribution < -0.4 is 15.4 Å². The minimum atomic E-state index is 0.116. The summed E-state index contributed by atoms with van der Waals surface area (Å²) in [6, 6.07) is 7.95. The zero-order valence-corrected chi connectivity index (χ0v) is 11.6. The molecule has 4 nitrogen and oxygen atoms in total. The number of carbonyl (C=O) groups is 1. The highest BCUT2D eigenvalue weighted by Gasteiger charge is 2.28. The Kier molecular flexibility index (Phi) is 4.80. The highest BCUT2D eigenvalue weighted by molar-refractivity contribution is 5.79. The molecule has 0 aliphatic carbocycles. The largest absolute Gasteiger partial charge is 0.497 e. The van der Waals surface area contributed by atoms with Gasteiger partial charge in [0.15, 0.2) is 0 Å². The van der Waals surface area contributed by atoms with Gasteiger partial charge < -0.3 is 15.4 Å². The van der Waals surface area contributed by atoms with E-state index in [1.807, 2.05) is 18.2 Å². The summed E-state index contributed by atoms with van der Waals surface area (Å²) in [6.45, 7) is 4.53. The highest BCUT2D eigenvalue weighted by atomic mass is 16.5. The molecule has 0 aromatic heterocycles. The van der Waals surface area contributed by atoms with Gasteiger partial charge in [-0.1, -0.05) is 19.1 Å². The summed E-state index contributed by atoms with van der Waals surface area (Å²) in [4.78, 5) is 12.0. The molecule has 2 rings (SSSR count). The topological polar surface area (TPSA) is 50.4 Å². The Morgan fingerprint density at radius 3 is 3.00 bits per heavy atom. The molecule has 1 fully saturated rings. The maximum Gasteiger partial charge on any atom is 0.224 e. The van der Waals surface area contributed by atoms with Crippen LogP contribution in [0.3, 0.4) is 0 Å². The number of ether oxygens (including phenoxy) is 1. The quantitative estimate of drug-likeness (QED) is 0.838. The molecule has 104 valence electrons. The lowest BCUT2D eigenvalue weighted by molar-refractivity contribution is -0.125. The summed E-state index contributed by atoms with van der Waals surface area (Å²) in [5.41, 5.74) is 1.18. The number of carbonyl (C=O) groups excluding carboxylic acids is 1. The molecule has 1 aromatic rings. The van der Waals surface area contributed by atoms with Gasteiger partial charge in [-0.25, -0.2) is 0 Å². The summed E-state index contributed by atoms with van der Waals surface area (Å²) in [5, 5.41) is 6.27. The van der Waals surface area contributed by atoms with Crippen molar-refractivity contribution >= 4 is 5.91 Å². The molecule has 1 amide bonds. The van der Waals surface area contributed by atoms with E-state index in [1.165, 1.54) is 5.56 Å². The molecule has 2 N–H and O–H groups in total. The molecule has 0 saturated carbocycles. The van der Waals surface area contributed by atoms with E-state index in [-0.39, 0.29) is 11.8 Å². The fraction of sp³-hybridized carbons (Fsp3) is 0.533. The van der Waals surface area contributed by atoms with E-state index < -0.39 is 0 Å². The van der Waals surface area contributed by atoms with Gasteiger partial charge in [-0.05, 0) is 36.6 Å². The predicted octanol–water partition coefficient (Wildman–Crippen LogP) is 1.21. The number of benzene rings is 1. The Labute approximate surface area is 114 Å². The monoisotopic (exact) mass is 262 g/mol. The summed E-state index contributed by atoms with van der Waals surface area (Å²) in [7, 11) is 1.66. The van der Waals surface area contributed by atoms with Crippen LogP contribution in [0.1, 0.15) is 12.5 Å². The first kappa shape index (κ1) is 13.9. The van der Waals surface area contributed by atoms with Crippen LogP contribution in [0.15, 0.2) is 24.3 Å². The van der Waals surface area contributed by atoms with Crippen molar-refractivity contribution in [1.29, 1.82) is 0 Å². The average Bonchev–Trinajstić information content (AvgIpc) is 2.85. The fourth-order valence-corrected chi connectivity index (χ4v) is 2.45. The second kappa shape index (κ2) is 6.57. The van der Waals surface area contributed by atoms with Crippen molar-refractivity contribution < 1.29 is 9.53 Å². The first-order valence-electron chi connectivity index (χ1n) is 6.82. The van der Waals surface area contributed by atoms with Crippen molar-refractivity contribution in [3.63, 3.8) is 0 Å². The Hall–Kier alpha value is -1.55. The van der Waals surface area contributed by atoms with Gasteiger partial charge in [0.1, 0.15) is 5.75 Å². The molecule has 1 aliphatic heterocycles. The highest BCUT2D eigenvalue weighted by Crippen LogP contribution is 2.16. The van der Waals surface area contributed by atoms with Crippen molar-refractivity contribution in [3.8, 4) is 5.75 Å². The van der Waals surface area contributed by atoms with Crippen LogP contribution in [0, 0.1) is 11.8 Å². The second-order valence-electron chi connectivity index (χ2n) is 5.13. The first-order chi connectivity index (χ1) is 9.20. The molecule has 1 heterocycles. The van der Waals surface area contributed by atoms with E-state index in [9.17, 15) is 4.79 Å². The molecular weight excluding hydrogens is 240 g/mol. The summed E-state index contributed by atoms with van der Waals surface area (Å²) < 4.78 is 5.18. The Bertz CT molecular complexity index is 434. The molecule has 1 aliphatic rings. The molecule has 0 spiro atoms. The average molecular weight is 262 g/mol. The molecule has 0 radical (unpaired) electrons. The van der Waals surface area contributed by atoms with E-state index in [4.69, 9.17) is 4.74 Å². The molecule has 4 heteroatoms. The van der Waals surface area contributed by atoms with Crippen molar-refractivity contribution in [2.24, 2.45) is 11.8 Å². The minimum absolute atomic E-state index is 0.116. The zero-order valence-electron chi connectivity index (χ0n) is 11.6. The van der Waals surface area contributed by atoms with E-state index in [1.54, 1.807) is 7.11 Å². The Balaban J connectivity index is 1.78. The van der Waals surface area contributed by atoms with Gasteiger partial charge in [0, 0.05) is 13.1 Å². The van der Waals surface area contributed by atoms with Crippen molar-refractivity contribution in [2.45, 2.75) is 13.3 Å². The van der Waals surface area contributed by atoms with Gasteiger partial charge >= 0.3 is 0 Å². The SMILES string of the molecule is COc1cccc(CCNC(=O)[C@@H]2CNC[C@H]2C)c1. The van der Waals surface area contributed by atoms with Crippen LogP contribution in [0.25, 0.3) is 0 Å². The lowest BCUT2D eigenvalue weighted by atomic mass is 9.97.